The quantitative estimate of drug-likeness (QED) is 0.611. The van der Waals surface area contributed by atoms with Crippen molar-refractivity contribution < 1.29 is 4.39 Å². The summed E-state index contributed by atoms with van der Waals surface area (Å²) < 4.78 is 12.6. The Labute approximate surface area is 74.7 Å². The third-order valence-corrected chi connectivity index (χ3v) is 1.64. The van der Waals surface area contributed by atoms with Gasteiger partial charge in [0.1, 0.15) is 5.82 Å². The second kappa shape index (κ2) is 3.89. The molecule has 0 aliphatic carbocycles. The molecule has 0 saturated heterocycles. The number of nitrogens with zero attached hydrogens (tertiary/aromatic N) is 1. The number of halogens is 2. The SMILES string of the molecule is N#CC=Cc1cc(F)ccc1Cl. The lowest BCUT2D eigenvalue weighted by Crippen LogP contribution is -1.78. The molecule has 0 spiro atoms. The molecule has 1 nitrogen and oxygen atoms in total. The average Bonchev–Trinajstić information content (AvgIpc) is 2.07. The van der Waals surface area contributed by atoms with Crippen LogP contribution in [0.2, 0.25) is 5.02 Å². The van der Waals surface area contributed by atoms with Crippen LogP contribution in [0.3, 0.4) is 0 Å². The van der Waals surface area contributed by atoms with Crippen LogP contribution in [0.5, 0.6) is 0 Å². The van der Waals surface area contributed by atoms with Crippen molar-refractivity contribution in [2.24, 2.45) is 0 Å². The first-order valence-corrected chi connectivity index (χ1v) is 3.63. The van der Waals surface area contributed by atoms with Crippen LogP contribution in [0.4, 0.5) is 4.39 Å². The lowest BCUT2D eigenvalue weighted by Gasteiger charge is -1.95. The molecule has 1 aromatic rings. The van der Waals surface area contributed by atoms with Gasteiger partial charge in [0.2, 0.25) is 0 Å². The van der Waals surface area contributed by atoms with Gasteiger partial charge < -0.3 is 0 Å². The van der Waals surface area contributed by atoms with E-state index in [0.717, 1.165) is 0 Å². The fourth-order valence-corrected chi connectivity index (χ4v) is 0.950. The second-order valence-corrected chi connectivity index (χ2v) is 2.54. The zero-order valence-electron chi connectivity index (χ0n) is 6.09. The maximum absolute atomic E-state index is 12.6. The molecule has 0 N–H and O–H groups in total. The van der Waals surface area contributed by atoms with Gasteiger partial charge in [-0.05, 0) is 29.8 Å². The Balaban J connectivity index is 3.07. The summed E-state index contributed by atoms with van der Waals surface area (Å²) in [5.41, 5.74) is 0.512. The molecule has 0 aliphatic heterocycles. The van der Waals surface area contributed by atoms with Gasteiger partial charge in [0.25, 0.3) is 0 Å². The summed E-state index contributed by atoms with van der Waals surface area (Å²) in [5, 5.41) is 8.65. The van der Waals surface area contributed by atoms with E-state index in [9.17, 15) is 4.39 Å². The average molecular weight is 182 g/mol. The molecule has 0 radical (unpaired) electrons. The highest BCUT2D eigenvalue weighted by Gasteiger charge is 1.97. The molecule has 0 aromatic heterocycles. The summed E-state index contributed by atoms with van der Waals surface area (Å²) in [5.74, 6) is -0.364. The lowest BCUT2D eigenvalue weighted by atomic mass is 10.2. The summed E-state index contributed by atoms with van der Waals surface area (Å²) in [6, 6.07) is 5.80. The molecule has 1 rings (SSSR count). The summed E-state index contributed by atoms with van der Waals surface area (Å²) in [6.45, 7) is 0. The van der Waals surface area contributed by atoms with Crippen molar-refractivity contribution in [1.82, 2.24) is 0 Å². The molecule has 0 aliphatic rings. The molecule has 0 atom stereocenters. The van der Waals surface area contributed by atoms with Crippen LogP contribution >= 0.6 is 11.6 Å². The molecule has 60 valence electrons. The lowest BCUT2D eigenvalue weighted by molar-refractivity contribution is 0.627. The minimum absolute atomic E-state index is 0.364. The van der Waals surface area contributed by atoms with Gasteiger partial charge in [-0.2, -0.15) is 5.26 Å². The molecule has 12 heavy (non-hydrogen) atoms. The smallest absolute Gasteiger partial charge is 0.123 e. The van der Waals surface area contributed by atoms with E-state index in [4.69, 9.17) is 16.9 Å². The fourth-order valence-electron chi connectivity index (χ4n) is 0.769. The maximum Gasteiger partial charge on any atom is 0.123 e. The summed E-state index contributed by atoms with van der Waals surface area (Å²) >= 11 is 5.70. The number of hydrogen-bond donors (Lipinski definition) is 0. The first-order chi connectivity index (χ1) is 5.74. The van der Waals surface area contributed by atoms with Crippen molar-refractivity contribution in [1.29, 1.82) is 5.26 Å². The predicted octanol–water partition coefficient (Wildman–Crippen LogP) is 3.02. The van der Waals surface area contributed by atoms with Crippen molar-refractivity contribution in [2.45, 2.75) is 0 Å². The molecule has 0 amide bonds. The Hall–Kier alpha value is -1.33. The van der Waals surface area contributed by atoms with Crippen molar-refractivity contribution in [3.05, 3.63) is 40.7 Å². The Bertz CT molecular complexity index is 352. The molecule has 0 unspecified atom stereocenters. The largest absolute Gasteiger partial charge is 0.207 e. The van der Waals surface area contributed by atoms with Gasteiger partial charge in [-0.1, -0.05) is 11.6 Å². The summed E-state index contributed by atoms with van der Waals surface area (Å²) in [7, 11) is 0. The van der Waals surface area contributed by atoms with Gasteiger partial charge >= 0.3 is 0 Å². The Morgan fingerprint density at radius 2 is 2.25 bits per heavy atom. The molecular formula is C9H5ClFN. The highest BCUT2D eigenvalue weighted by atomic mass is 35.5. The molecule has 0 fully saturated rings. The van der Waals surface area contributed by atoms with Crippen LogP contribution in [-0.4, -0.2) is 0 Å². The van der Waals surface area contributed by atoms with Gasteiger partial charge in [-0.3, -0.25) is 0 Å². The minimum Gasteiger partial charge on any atom is -0.207 e. The van der Waals surface area contributed by atoms with E-state index in [1.165, 1.54) is 30.4 Å². The van der Waals surface area contributed by atoms with E-state index in [2.05, 4.69) is 0 Å². The van der Waals surface area contributed by atoms with E-state index in [1.807, 2.05) is 0 Å². The van der Waals surface area contributed by atoms with E-state index in [0.29, 0.717) is 10.6 Å². The topological polar surface area (TPSA) is 23.8 Å². The number of benzene rings is 1. The number of allylic oxidation sites excluding steroid dienone is 1. The first-order valence-electron chi connectivity index (χ1n) is 3.25. The fraction of sp³-hybridized carbons (Fsp3) is 0. The van der Waals surface area contributed by atoms with Gasteiger partial charge in [0.05, 0.1) is 6.07 Å². The second-order valence-electron chi connectivity index (χ2n) is 2.13. The number of rotatable bonds is 1. The van der Waals surface area contributed by atoms with Crippen LogP contribution < -0.4 is 0 Å². The van der Waals surface area contributed by atoms with Gasteiger partial charge in [0.15, 0.2) is 0 Å². The standard InChI is InChI=1S/C9H5ClFN/c10-9-4-3-8(11)6-7(9)2-1-5-12/h1-4,6H. The van der Waals surface area contributed by atoms with Crippen molar-refractivity contribution in [3.8, 4) is 6.07 Å². The number of hydrogen-bond acceptors (Lipinski definition) is 1. The van der Waals surface area contributed by atoms with Crippen LogP contribution in [0, 0.1) is 17.1 Å². The zero-order valence-corrected chi connectivity index (χ0v) is 6.85. The summed E-state index contributed by atoms with van der Waals surface area (Å²) in [4.78, 5) is 0. The van der Waals surface area contributed by atoms with E-state index in [-0.39, 0.29) is 5.82 Å². The van der Waals surface area contributed by atoms with E-state index < -0.39 is 0 Å². The van der Waals surface area contributed by atoms with Crippen molar-refractivity contribution in [3.63, 3.8) is 0 Å². The third kappa shape index (κ3) is 2.08. The zero-order chi connectivity index (χ0) is 8.97. The highest BCUT2D eigenvalue weighted by Crippen LogP contribution is 2.17. The van der Waals surface area contributed by atoms with Gasteiger partial charge in [0, 0.05) is 11.1 Å². The van der Waals surface area contributed by atoms with Crippen LogP contribution in [0.15, 0.2) is 24.3 Å². The molecular weight excluding hydrogens is 177 g/mol. The van der Waals surface area contributed by atoms with Crippen LogP contribution in [0.1, 0.15) is 5.56 Å². The maximum atomic E-state index is 12.6. The third-order valence-electron chi connectivity index (χ3n) is 1.30. The predicted molar refractivity (Wildman–Crippen MR) is 46.1 cm³/mol. The molecule has 0 bridgehead atoms. The van der Waals surface area contributed by atoms with Gasteiger partial charge in [-0.25, -0.2) is 4.39 Å². The molecule has 0 saturated carbocycles. The van der Waals surface area contributed by atoms with Crippen molar-refractivity contribution >= 4 is 17.7 Å². The monoisotopic (exact) mass is 181 g/mol. The normalized spacial score (nSPS) is 10.1. The Morgan fingerprint density at radius 1 is 1.50 bits per heavy atom. The minimum atomic E-state index is -0.364. The van der Waals surface area contributed by atoms with Crippen LogP contribution in [-0.2, 0) is 0 Å². The summed E-state index contributed by atoms with van der Waals surface area (Å²) in [6.07, 6.45) is 2.71. The number of nitriles is 1. The van der Waals surface area contributed by atoms with Crippen molar-refractivity contribution in [2.75, 3.05) is 0 Å². The Morgan fingerprint density at radius 3 is 2.92 bits per heavy atom. The molecule has 1 aromatic carbocycles. The Kier molecular flexibility index (Phi) is 2.84. The van der Waals surface area contributed by atoms with Crippen LogP contribution in [0.25, 0.3) is 6.08 Å². The molecule has 3 heteroatoms. The van der Waals surface area contributed by atoms with E-state index in [1.54, 1.807) is 6.07 Å². The first kappa shape index (κ1) is 8.76. The van der Waals surface area contributed by atoms with Gasteiger partial charge in [-0.15, -0.1) is 0 Å². The molecule has 0 heterocycles. The highest BCUT2D eigenvalue weighted by molar-refractivity contribution is 6.32. The van der Waals surface area contributed by atoms with E-state index >= 15 is 0 Å².